The number of nitrogens with zero attached hydrogens (tertiary/aromatic N) is 2. The number of carbonyl (C=O) groups excluding carboxylic acids is 1. The number of benzene rings is 2. The summed E-state index contributed by atoms with van der Waals surface area (Å²) in [5.41, 5.74) is 6.08. The third-order valence-electron chi connectivity index (χ3n) is 4.99. The monoisotopic (exact) mass is 360 g/mol. The summed E-state index contributed by atoms with van der Waals surface area (Å²) in [4.78, 5) is 12.3. The molecular weight excluding hydrogens is 336 g/mol. The highest BCUT2D eigenvalue weighted by atomic mass is 16.1. The van der Waals surface area contributed by atoms with Crippen LogP contribution in [0.25, 0.3) is 5.69 Å². The molecule has 0 aliphatic heterocycles. The van der Waals surface area contributed by atoms with E-state index in [1.807, 2.05) is 66.3 Å². The van der Waals surface area contributed by atoms with Crippen molar-refractivity contribution in [2.75, 3.05) is 5.32 Å². The molecule has 2 N–H and O–H groups in total. The Labute approximate surface area is 159 Å². The minimum Gasteiger partial charge on any atom is -0.381 e. The molecule has 5 nitrogen and oxygen atoms in total. The maximum Gasteiger partial charge on any atom is 0.251 e. The first-order valence-corrected chi connectivity index (χ1v) is 9.36. The molecule has 3 aromatic rings. The fourth-order valence-electron chi connectivity index (χ4n) is 3.09. The standard InChI is InChI=1S/C22H24N4O/c1-15-8-9-17(22(27)25-19-10-11-19)12-21(15)23-13-18-14-24-26(16(18)2)20-6-4-3-5-7-20/h3-9,12,14,19,23H,10-11,13H2,1-2H3,(H,25,27). The Balaban J connectivity index is 1.48. The van der Waals surface area contributed by atoms with Crippen LogP contribution in [0.2, 0.25) is 0 Å². The molecule has 0 radical (unpaired) electrons. The number of anilines is 1. The molecular formula is C22H24N4O. The van der Waals surface area contributed by atoms with E-state index < -0.39 is 0 Å². The first-order valence-electron chi connectivity index (χ1n) is 9.36. The zero-order chi connectivity index (χ0) is 18.8. The zero-order valence-corrected chi connectivity index (χ0v) is 15.7. The maximum absolute atomic E-state index is 12.3. The Kier molecular flexibility index (Phi) is 4.67. The van der Waals surface area contributed by atoms with Crippen LogP contribution in [0.3, 0.4) is 0 Å². The first kappa shape index (κ1) is 17.3. The predicted molar refractivity (Wildman–Crippen MR) is 107 cm³/mol. The van der Waals surface area contributed by atoms with Crippen molar-refractivity contribution in [3.8, 4) is 5.69 Å². The second kappa shape index (κ2) is 7.27. The molecule has 27 heavy (non-hydrogen) atoms. The Morgan fingerprint density at radius 1 is 1.15 bits per heavy atom. The van der Waals surface area contributed by atoms with Crippen molar-refractivity contribution < 1.29 is 4.79 Å². The number of aromatic nitrogens is 2. The third-order valence-corrected chi connectivity index (χ3v) is 4.99. The summed E-state index contributed by atoms with van der Waals surface area (Å²) < 4.78 is 1.95. The molecule has 5 heteroatoms. The van der Waals surface area contributed by atoms with E-state index in [1.54, 1.807) is 0 Å². The minimum absolute atomic E-state index is 0.00799. The Morgan fingerprint density at radius 3 is 2.67 bits per heavy atom. The lowest BCUT2D eigenvalue weighted by molar-refractivity contribution is 0.0951. The van der Waals surface area contributed by atoms with Gasteiger partial charge in [0.15, 0.2) is 0 Å². The molecule has 1 saturated carbocycles. The lowest BCUT2D eigenvalue weighted by atomic mass is 10.1. The number of para-hydroxylation sites is 1. The third kappa shape index (κ3) is 3.87. The van der Waals surface area contributed by atoms with Gasteiger partial charge in [-0.15, -0.1) is 0 Å². The average molecular weight is 360 g/mol. The molecule has 1 heterocycles. The number of rotatable bonds is 6. The van der Waals surface area contributed by atoms with Crippen LogP contribution in [-0.4, -0.2) is 21.7 Å². The smallest absolute Gasteiger partial charge is 0.251 e. The van der Waals surface area contributed by atoms with E-state index in [1.165, 1.54) is 0 Å². The van der Waals surface area contributed by atoms with Crippen molar-refractivity contribution in [1.82, 2.24) is 15.1 Å². The summed E-state index contributed by atoms with van der Waals surface area (Å²) in [6.45, 7) is 4.78. The molecule has 0 saturated heterocycles. The topological polar surface area (TPSA) is 59.0 Å². The zero-order valence-electron chi connectivity index (χ0n) is 15.7. The molecule has 0 spiro atoms. The van der Waals surface area contributed by atoms with Crippen molar-refractivity contribution in [1.29, 1.82) is 0 Å². The van der Waals surface area contributed by atoms with Crippen LogP contribution in [-0.2, 0) is 6.54 Å². The summed E-state index contributed by atoms with van der Waals surface area (Å²) in [6, 6.07) is 16.3. The van der Waals surface area contributed by atoms with E-state index in [0.717, 1.165) is 41.0 Å². The van der Waals surface area contributed by atoms with Gasteiger partial charge in [0.05, 0.1) is 11.9 Å². The van der Waals surface area contributed by atoms with Gasteiger partial charge in [-0.05, 0) is 56.5 Å². The van der Waals surface area contributed by atoms with Gasteiger partial charge in [-0.25, -0.2) is 4.68 Å². The van der Waals surface area contributed by atoms with Gasteiger partial charge < -0.3 is 10.6 Å². The number of hydrogen-bond acceptors (Lipinski definition) is 3. The second-order valence-corrected chi connectivity index (χ2v) is 7.13. The van der Waals surface area contributed by atoms with Crippen LogP contribution >= 0.6 is 0 Å². The van der Waals surface area contributed by atoms with Crippen LogP contribution in [0.1, 0.15) is 40.0 Å². The summed E-state index contributed by atoms with van der Waals surface area (Å²) in [6.07, 6.45) is 4.08. The van der Waals surface area contributed by atoms with Gasteiger partial charge in [-0.1, -0.05) is 24.3 Å². The van der Waals surface area contributed by atoms with Crippen LogP contribution < -0.4 is 10.6 Å². The molecule has 1 fully saturated rings. The van der Waals surface area contributed by atoms with E-state index in [4.69, 9.17) is 0 Å². The van der Waals surface area contributed by atoms with E-state index in [9.17, 15) is 4.79 Å². The molecule has 2 aromatic carbocycles. The van der Waals surface area contributed by atoms with Crippen molar-refractivity contribution in [3.05, 3.63) is 77.1 Å². The van der Waals surface area contributed by atoms with Crippen LogP contribution in [0, 0.1) is 13.8 Å². The summed E-state index contributed by atoms with van der Waals surface area (Å²) in [5, 5.41) is 11.0. The predicted octanol–water partition coefficient (Wildman–Crippen LogP) is 3.99. The molecule has 0 unspecified atom stereocenters. The van der Waals surface area contributed by atoms with Gasteiger partial charge in [-0.3, -0.25) is 4.79 Å². The van der Waals surface area contributed by atoms with Crippen molar-refractivity contribution in [2.24, 2.45) is 0 Å². The maximum atomic E-state index is 12.3. The highest BCUT2D eigenvalue weighted by Gasteiger charge is 2.24. The minimum atomic E-state index is 0.00799. The van der Waals surface area contributed by atoms with Gasteiger partial charge >= 0.3 is 0 Å². The number of hydrogen-bond donors (Lipinski definition) is 2. The van der Waals surface area contributed by atoms with Gasteiger partial charge in [0.1, 0.15) is 0 Å². The molecule has 1 aliphatic rings. The normalized spacial score (nSPS) is 13.4. The summed E-state index contributed by atoms with van der Waals surface area (Å²) in [5.74, 6) is 0.00799. The fraction of sp³-hybridized carbons (Fsp3) is 0.273. The lowest BCUT2D eigenvalue weighted by Crippen LogP contribution is -2.25. The van der Waals surface area contributed by atoms with E-state index in [2.05, 4.69) is 22.7 Å². The van der Waals surface area contributed by atoms with Gasteiger partial charge in [0.25, 0.3) is 5.91 Å². The van der Waals surface area contributed by atoms with Gasteiger partial charge in [0, 0.05) is 35.1 Å². The molecule has 0 atom stereocenters. The molecule has 4 rings (SSSR count). The quantitative estimate of drug-likeness (QED) is 0.699. The Hall–Kier alpha value is -3.08. The lowest BCUT2D eigenvalue weighted by Gasteiger charge is -2.12. The highest BCUT2D eigenvalue weighted by Crippen LogP contribution is 2.22. The number of aryl methyl sites for hydroxylation is 1. The SMILES string of the molecule is Cc1ccc(C(=O)NC2CC2)cc1NCc1cnn(-c2ccccc2)c1C. The number of amides is 1. The Bertz CT molecular complexity index is 958. The molecule has 138 valence electrons. The number of carbonyl (C=O) groups is 1. The second-order valence-electron chi connectivity index (χ2n) is 7.13. The van der Waals surface area contributed by atoms with E-state index in [0.29, 0.717) is 18.2 Å². The summed E-state index contributed by atoms with van der Waals surface area (Å²) >= 11 is 0. The van der Waals surface area contributed by atoms with Crippen molar-refractivity contribution >= 4 is 11.6 Å². The van der Waals surface area contributed by atoms with Crippen LogP contribution in [0.4, 0.5) is 5.69 Å². The van der Waals surface area contributed by atoms with Gasteiger partial charge in [0.2, 0.25) is 0 Å². The first-order chi connectivity index (χ1) is 13.1. The number of nitrogens with one attached hydrogen (secondary N) is 2. The largest absolute Gasteiger partial charge is 0.381 e. The molecule has 1 amide bonds. The van der Waals surface area contributed by atoms with E-state index >= 15 is 0 Å². The van der Waals surface area contributed by atoms with E-state index in [-0.39, 0.29) is 5.91 Å². The highest BCUT2D eigenvalue weighted by molar-refractivity contribution is 5.95. The van der Waals surface area contributed by atoms with Crippen molar-refractivity contribution in [2.45, 2.75) is 39.3 Å². The Morgan fingerprint density at radius 2 is 1.93 bits per heavy atom. The molecule has 0 bridgehead atoms. The van der Waals surface area contributed by atoms with Crippen LogP contribution in [0.15, 0.2) is 54.7 Å². The summed E-state index contributed by atoms with van der Waals surface area (Å²) in [7, 11) is 0. The fourth-order valence-corrected chi connectivity index (χ4v) is 3.09. The van der Waals surface area contributed by atoms with Crippen molar-refractivity contribution in [3.63, 3.8) is 0 Å². The molecule has 1 aromatic heterocycles. The molecule has 1 aliphatic carbocycles. The van der Waals surface area contributed by atoms with Crippen LogP contribution in [0.5, 0.6) is 0 Å². The van der Waals surface area contributed by atoms with Gasteiger partial charge in [-0.2, -0.15) is 5.10 Å². The average Bonchev–Trinajstić information content (AvgIpc) is 3.42.